The monoisotopic (exact) mass is 484 g/mol. The molecule has 0 saturated carbocycles. The van der Waals surface area contributed by atoms with Gasteiger partial charge in [0, 0.05) is 17.1 Å². The van der Waals surface area contributed by atoms with Crippen molar-refractivity contribution in [1.29, 1.82) is 0 Å². The maximum Gasteiger partial charge on any atom is 0.412 e. The van der Waals surface area contributed by atoms with Crippen molar-refractivity contribution in [2.75, 3.05) is 10.0 Å². The number of carbonyl (C=O) groups is 1. The van der Waals surface area contributed by atoms with Gasteiger partial charge in [-0.1, -0.05) is 6.92 Å². The van der Waals surface area contributed by atoms with Gasteiger partial charge < -0.3 is 5.32 Å². The summed E-state index contributed by atoms with van der Waals surface area (Å²) in [5, 5.41) is 1.57. The fraction of sp³-hybridized carbons (Fsp3) is 0.389. The Morgan fingerprint density at radius 2 is 1.41 bits per heavy atom. The van der Waals surface area contributed by atoms with Crippen molar-refractivity contribution < 1.29 is 39.6 Å². The molecule has 1 aromatic heterocycles. The predicted octanol–water partition coefficient (Wildman–Crippen LogP) is 4.35. The number of rotatable bonds is 6. The standard InChI is InChI=1S/C18H18F6N4O3S/c1-4-16(17(19,20)21,18(22,23)24)14(29)27-12-5-7-13(8-6-12)32(30,31)28-15-25-10(2)9-11(3)26-15/h5-9H,4H2,1-3H3,(H,27,29)(H,25,26,28). The van der Waals surface area contributed by atoms with Crippen LogP contribution < -0.4 is 10.0 Å². The van der Waals surface area contributed by atoms with Crippen molar-refractivity contribution in [3.05, 3.63) is 41.7 Å². The van der Waals surface area contributed by atoms with Crippen molar-refractivity contribution in [3.8, 4) is 0 Å². The number of aromatic nitrogens is 2. The van der Waals surface area contributed by atoms with Crippen LogP contribution in [-0.4, -0.2) is 36.6 Å². The smallest absolute Gasteiger partial charge is 0.325 e. The number of hydrogen-bond acceptors (Lipinski definition) is 5. The van der Waals surface area contributed by atoms with E-state index in [0.29, 0.717) is 18.3 Å². The normalized spacial score (nSPS) is 13.0. The molecule has 0 unspecified atom stereocenters. The van der Waals surface area contributed by atoms with Crippen molar-refractivity contribution in [1.82, 2.24) is 9.97 Å². The topological polar surface area (TPSA) is 101 Å². The fourth-order valence-electron chi connectivity index (χ4n) is 2.89. The van der Waals surface area contributed by atoms with E-state index in [1.165, 1.54) is 0 Å². The van der Waals surface area contributed by atoms with E-state index < -0.39 is 45.8 Å². The first-order chi connectivity index (χ1) is 14.5. The van der Waals surface area contributed by atoms with E-state index in [4.69, 9.17) is 0 Å². The van der Waals surface area contributed by atoms with Crippen LogP contribution in [0.2, 0.25) is 0 Å². The lowest BCUT2D eigenvalue weighted by molar-refractivity contribution is -0.324. The average molecular weight is 484 g/mol. The molecule has 0 spiro atoms. The molecule has 0 radical (unpaired) electrons. The van der Waals surface area contributed by atoms with Crippen LogP contribution in [0.3, 0.4) is 0 Å². The van der Waals surface area contributed by atoms with Gasteiger partial charge >= 0.3 is 12.4 Å². The molecule has 32 heavy (non-hydrogen) atoms. The van der Waals surface area contributed by atoms with Crippen LogP contribution >= 0.6 is 0 Å². The Labute approximate surface area is 179 Å². The summed E-state index contributed by atoms with van der Waals surface area (Å²) in [5.41, 5.74) is -4.10. The van der Waals surface area contributed by atoms with Gasteiger partial charge in [-0.25, -0.2) is 23.1 Å². The Hall–Kier alpha value is -2.90. The lowest BCUT2D eigenvalue weighted by Gasteiger charge is -2.34. The number of alkyl halides is 6. The molecule has 14 heteroatoms. The minimum Gasteiger partial charge on any atom is -0.325 e. The van der Waals surface area contributed by atoms with E-state index >= 15 is 0 Å². The maximum absolute atomic E-state index is 13.2. The molecule has 1 heterocycles. The van der Waals surface area contributed by atoms with Crippen LogP contribution in [0.1, 0.15) is 24.7 Å². The fourth-order valence-corrected chi connectivity index (χ4v) is 3.83. The van der Waals surface area contributed by atoms with Crippen LogP contribution in [0.25, 0.3) is 0 Å². The van der Waals surface area contributed by atoms with Gasteiger partial charge in [0.05, 0.1) is 4.90 Å². The molecule has 176 valence electrons. The summed E-state index contributed by atoms with van der Waals surface area (Å²) < 4.78 is 106. The molecule has 1 aromatic carbocycles. The largest absolute Gasteiger partial charge is 0.412 e. The Morgan fingerprint density at radius 1 is 0.938 bits per heavy atom. The Balaban J connectivity index is 2.29. The third-order valence-electron chi connectivity index (χ3n) is 4.52. The second-order valence-corrected chi connectivity index (χ2v) is 8.50. The first-order valence-corrected chi connectivity index (χ1v) is 10.4. The molecule has 0 aliphatic heterocycles. The van der Waals surface area contributed by atoms with E-state index in [0.717, 1.165) is 24.3 Å². The lowest BCUT2D eigenvalue weighted by atomic mass is 9.82. The highest BCUT2D eigenvalue weighted by molar-refractivity contribution is 7.92. The van der Waals surface area contributed by atoms with Gasteiger partial charge in [0.1, 0.15) is 0 Å². The molecular weight excluding hydrogens is 466 g/mol. The van der Waals surface area contributed by atoms with Crippen molar-refractivity contribution in [3.63, 3.8) is 0 Å². The van der Waals surface area contributed by atoms with Crippen LogP contribution in [0.15, 0.2) is 35.2 Å². The number of hydrogen-bond donors (Lipinski definition) is 2. The molecule has 0 aliphatic rings. The summed E-state index contributed by atoms with van der Waals surface area (Å²) in [6.45, 7) is 3.82. The number of halogens is 6. The van der Waals surface area contributed by atoms with E-state index in [1.54, 1.807) is 25.2 Å². The average Bonchev–Trinajstić information content (AvgIpc) is 2.59. The zero-order chi connectivity index (χ0) is 24.5. The molecule has 2 rings (SSSR count). The number of sulfonamides is 1. The SMILES string of the molecule is CCC(C(=O)Nc1ccc(S(=O)(=O)Nc2nc(C)cc(C)n2)cc1)(C(F)(F)F)C(F)(F)F. The number of aryl methyl sites for hydroxylation is 2. The van der Waals surface area contributed by atoms with E-state index in [9.17, 15) is 39.6 Å². The first kappa shape index (κ1) is 25.4. The van der Waals surface area contributed by atoms with Gasteiger partial charge in [0.25, 0.3) is 10.0 Å². The number of nitrogens with one attached hydrogen (secondary N) is 2. The molecule has 0 saturated heterocycles. The maximum atomic E-state index is 13.2. The molecule has 1 amide bonds. The van der Waals surface area contributed by atoms with Gasteiger partial charge in [-0.3, -0.25) is 4.79 Å². The number of nitrogens with zero attached hydrogens (tertiary/aromatic N) is 2. The Bertz CT molecular complexity index is 1060. The number of benzene rings is 1. The minimum atomic E-state index is -5.90. The number of amides is 1. The molecule has 0 bridgehead atoms. The highest BCUT2D eigenvalue weighted by Crippen LogP contribution is 2.53. The third-order valence-corrected chi connectivity index (χ3v) is 5.86. The van der Waals surface area contributed by atoms with Crippen LogP contribution in [-0.2, 0) is 14.8 Å². The summed E-state index contributed by atoms with van der Waals surface area (Å²) in [4.78, 5) is 19.5. The zero-order valence-corrected chi connectivity index (χ0v) is 17.7. The molecule has 0 fully saturated rings. The number of carbonyl (C=O) groups excluding carboxylic acids is 1. The van der Waals surface area contributed by atoms with Gasteiger partial charge in [0.2, 0.25) is 17.3 Å². The van der Waals surface area contributed by atoms with Gasteiger partial charge in [-0.05, 0) is 50.6 Å². The number of anilines is 2. The van der Waals surface area contributed by atoms with Gasteiger partial charge in [-0.2, -0.15) is 26.3 Å². The first-order valence-electron chi connectivity index (χ1n) is 8.93. The second-order valence-electron chi connectivity index (χ2n) is 6.81. The highest BCUT2D eigenvalue weighted by Gasteiger charge is 2.74. The van der Waals surface area contributed by atoms with Crippen molar-refractivity contribution in [2.24, 2.45) is 5.41 Å². The molecule has 0 aliphatic carbocycles. The third kappa shape index (κ3) is 4.95. The van der Waals surface area contributed by atoms with E-state index in [2.05, 4.69) is 14.7 Å². The summed E-state index contributed by atoms with van der Waals surface area (Å²) >= 11 is 0. The molecular formula is C18H18F6N4O3S. The van der Waals surface area contributed by atoms with Crippen LogP contribution in [0.5, 0.6) is 0 Å². The quantitative estimate of drug-likeness (QED) is 0.594. The molecule has 7 nitrogen and oxygen atoms in total. The Kier molecular flexibility index (Phi) is 6.78. The summed E-state index contributed by atoms with van der Waals surface area (Å²) in [5.74, 6) is -2.54. The molecule has 2 N–H and O–H groups in total. The van der Waals surface area contributed by atoms with Crippen molar-refractivity contribution >= 4 is 27.6 Å². The van der Waals surface area contributed by atoms with Gasteiger partial charge in [0.15, 0.2) is 0 Å². The summed E-state index contributed by atoms with van der Waals surface area (Å²) in [6.07, 6.45) is -13.4. The second kappa shape index (κ2) is 8.56. The summed E-state index contributed by atoms with van der Waals surface area (Å²) in [6, 6.07) is 5.13. The minimum absolute atomic E-state index is 0.219. The van der Waals surface area contributed by atoms with E-state index in [1.807, 2.05) is 0 Å². The lowest BCUT2D eigenvalue weighted by Crippen LogP contribution is -2.57. The predicted molar refractivity (Wildman–Crippen MR) is 102 cm³/mol. The molecule has 0 atom stereocenters. The highest BCUT2D eigenvalue weighted by atomic mass is 32.2. The molecule has 2 aromatic rings. The van der Waals surface area contributed by atoms with Gasteiger partial charge in [-0.15, -0.1) is 0 Å². The van der Waals surface area contributed by atoms with Crippen LogP contribution in [0.4, 0.5) is 38.0 Å². The van der Waals surface area contributed by atoms with Crippen molar-refractivity contribution in [2.45, 2.75) is 44.4 Å². The summed E-state index contributed by atoms with van der Waals surface area (Å²) in [7, 11) is -4.22. The van der Waals surface area contributed by atoms with Crippen LogP contribution in [0, 0.1) is 19.3 Å². The Morgan fingerprint density at radius 3 is 1.81 bits per heavy atom. The zero-order valence-electron chi connectivity index (χ0n) is 16.9. The van der Waals surface area contributed by atoms with E-state index in [-0.39, 0.29) is 10.8 Å².